The van der Waals surface area contributed by atoms with Crippen molar-refractivity contribution in [1.82, 2.24) is 0 Å². The molecule has 0 N–H and O–H groups in total. The lowest BCUT2D eigenvalue weighted by molar-refractivity contribution is 1.10. The van der Waals surface area contributed by atoms with Crippen molar-refractivity contribution in [3.63, 3.8) is 0 Å². The molecule has 0 aromatic heterocycles. The van der Waals surface area contributed by atoms with Gasteiger partial charge < -0.3 is 0 Å². The van der Waals surface area contributed by atoms with E-state index >= 15 is 0 Å². The Hall–Kier alpha value is 0.0900. The number of thioether (sulfide) groups is 1. The first-order valence-electron chi connectivity index (χ1n) is 2.03. The van der Waals surface area contributed by atoms with Crippen molar-refractivity contribution < 1.29 is 0 Å². The van der Waals surface area contributed by atoms with Crippen molar-refractivity contribution in [1.29, 1.82) is 0 Å². The minimum Gasteiger partial charge on any atom is -0.131 e. The normalized spacial score (nSPS) is 31.8. The molecule has 1 heteroatoms. The molecule has 1 rings (SSSR count). The van der Waals surface area contributed by atoms with E-state index in [-0.39, 0.29) is 0 Å². The van der Waals surface area contributed by atoms with E-state index in [4.69, 9.17) is 0 Å². The first kappa shape index (κ1) is 4.25. The average molecular weight is 99.2 g/mol. The summed E-state index contributed by atoms with van der Waals surface area (Å²) in [5, 5.41) is 2.71. The van der Waals surface area contributed by atoms with Gasteiger partial charge in [-0.15, -0.1) is 11.8 Å². The van der Waals surface area contributed by atoms with Crippen LogP contribution in [0.1, 0.15) is 6.42 Å². The van der Waals surface area contributed by atoms with Crippen LogP contribution in [0.15, 0.2) is 11.5 Å². The van der Waals surface area contributed by atoms with Gasteiger partial charge in [0.15, 0.2) is 0 Å². The maximum absolute atomic E-state index is 3.84. The summed E-state index contributed by atoms with van der Waals surface area (Å²) in [6, 6.07) is 0. The van der Waals surface area contributed by atoms with E-state index in [0.717, 1.165) is 6.42 Å². The van der Waals surface area contributed by atoms with Gasteiger partial charge in [-0.3, -0.25) is 0 Å². The number of rotatable bonds is 0. The van der Waals surface area contributed by atoms with Crippen LogP contribution in [-0.2, 0) is 0 Å². The number of hydrogen-bond acceptors (Lipinski definition) is 1. The number of allylic oxidation sites excluding steroid dienone is 1. The van der Waals surface area contributed by atoms with Gasteiger partial charge in [0.2, 0.25) is 0 Å². The summed E-state index contributed by atoms with van der Waals surface area (Å²) in [5.74, 6) is 0. The zero-order chi connectivity index (χ0) is 4.41. The molecule has 33 valence electrons. The first-order valence-corrected chi connectivity index (χ1v) is 2.97. The summed E-state index contributed by atoms with van der Waals surface area (Å²) in [6.45, 7) is 3.84. The third-order valence-electron chi connectivity index (χ3n) is 0.766. The van der Waals surface area contributed by atoms with Crippen LogP contribution in [-0.4, -0.2) is 5.25 Å². The standard InChI is InChI=1S/C5H7S/c1-5-3-2-4-6-5/h2,4-5H,1,3H2. The van der Waals surface area contributed by atoms with E-state index in [2.05, 4.69) is 18.4 Å². The molecule has 0 saturated carbocycles. The monoisotopic (exact) mass is 99.0 g/mol. The lowest BCUT2D eigenvalue weighted by atomic mass is 10.3. The average Bonchev–Trinajstić information content (AvgIpc) is 1.86. The Morgan fingerprint density at radius 1 is 1.83 bits per heavy atom. The van der Waals surface area contributed by atoms with Crippen molar-refractivity contribution in [2.24, 2.45) is 0 Å². The van der Waals surface area contributed by atoms with E-state index in [1.54, 1.807) is 11.8 Å². The van der Waals surface area contributed by atoms with Gasteiger partial charge in [-0.1, -0.05) is 6.08 Å². The van der Waals surface area contributed by atoms with Gasteiger partial charge in [0.05, 0.1) is 0 Å². The van der Waals surface area contributed by atoms with Gasteiger partial charge in [-0.05, 0) is 18.8 Å². The Balaban J connectivity index is 2.32. The highest BCUT2D eigenvalue weighted by molar-refractivity contribution is 8.03. The Labute approximate surface area is 42.6 Å². The van der Waals surface area contributed by atoms with Crippen LogP contribution in [0.5, 0.6) is 0 Å². The van der Waals surface area contributed by atoms with E-state index in [1.807, 2.05) is 0 Å². The lowest BCUT2D eigenvalue weighted by Gasteiger charge is -1.91. The largest absolute Gasteiger partial charge is 0.131 e. The Bertz CT molecular complexity index is 58.3. The Kier molecular flexibility index (Phi) is 1.20. The first-order chi connectivity index (χ1) is 2.89. The summed E-state index contributed by atoms with van der Waals surface area (Å²) >= 11 is 1.81. The Morgan fingerprint density at radius 2 is 2.67 bits per heavy atom. The van der Waals surface area contributed by atoms with E-state index in [9.17, 15) is 0 Å². The van der Waals surface area contributed by atoms with E-state index < -0.39 is 0 Å². The molecule has 1 aliphatic heterocycles. The van der Waals surface area contributed by atoms with Gasteiger partial charge in [0.1, 0.15) is 0 Å². The van der Waals surface area contributed by atoms with Gasteiger partial charge in [-0.25, -0.2) is 0 Å². The highest BCUT2D eigenvalue weighted by Gasteiger charge is 2.00. The molecule has 0 bridgehead atoms. The highest BCUT2D eigenvalue weighted by atomic mass is 32.2. The molecule has 1 atom stereocenters. The third-order valence-corrected chi connectivity index (χ3v) is 1.69. The van der Waals surface area contributed by atoms with Gasteiger partial charge in [0, 0.05) is 5.25 Å². The molecule has 0 amide bonds. The smallest absolute Gasteiger partial charge is 0.0123 e. The molecule has 1 radical (unpaired) electrons. The quantitative estimate of drug-likeness (QED) is 0.446. The van der Waals surface area contributed by atoms with Crippen molar-refractivity contribution in [2.75, 3.05) is 0 Å². The zero-order valence-corrected chi connectivity index (χ0v) is 4.37. The molecular formula is C5H7S. The fourth-order valence-corrected chi connectivity index (χ4v) is 1.10. The van der Waals surface area contributed by atoms with Crippen molar-refractivity contribution >= 4 is 11.8 Å². The SMILES string of the molecule is [CH2]C1CC=CS1. The van der Waals surface area contributed by atoms with Crippen LogP contribution in [0.3, 0.4) is 0 Å². The van der Waals surface area contributed by atoms with Crippen LogP contribution in [0.2, 0.25) is 0 Å². The summed E-state index contributed by atoms with van der Waals surface area (Å²) in [4.78, 5) is 0. The summed E-state index contributed by atoms with van der Waals surface area (Å²) in [7, 11) is 0. The maximum Gasteiger partial charge on any atom is 0.0123 e. The molecule has 6 heavy (non-hydrogen) atoms. The molecule has 1 heterocycles. The molecule has 1 aliphatic rings. The predicted molar refractivity (Wildman–Crippen MR) is 30.5 cm³/mol. The van der Waals surface area contributed by atoms with Gasteiger partial charge in [-0.2, -0.15) is 0 Å². The minimum atomic E-state index is 0.602. The van der Waals surface area contributed by atoms with Gasteiger partial charge in [0.25, 0.3) is 0 Å². The van der Waals surface area contributed by atoms with Crippen molar-refractivity contribution in [3.05, 3.63) is 18.4 Å². The van der Waals surface area contributed by atoms with E-state index in [1.165, 1.54) is 0 Å². The molecule has 0 saturated heterocycles. The zero-order valence-electron chi connectivity index (χ0n) is 3.55. The van der Waals surface area contributed by atoms with Crippen molar-refractivity contribution in [3.8, 4) is 0 Å². The molecule has 0 aromatic carbocycles. The van der Waals surface area contributed by atoms with Gasteiger partial charge >= 0.3 is 0 Å². The van der Waals surface area contributed by atoms with E-state index in [0.29, 0.717) is 5.25 Å². The van der Waals surface area contributed by atoms with Crippen LogP contribution in [0, 0.1) is 6.92 Å². The molecule has 0 aromatic rings. The maximum atomic E-state index is 3.84. The molecule has 0 nitrogen and oxygen atoms in total. The summed E-state index contributed by atoms with van der Waals surface area (Å²) < 4.78 is 0. The molecule has 0 spiro atoms. The second-order valence-electron chi connectivity index (χ2n) is 1.37. The second kappa shape index (κ2) is 1.69. The number of hydrogen-bond donors (Lipinski definition) is 0. The molecule has 0 fully saturated rings. The minimum absolute atomic E-state index is 0.602. The van der Waals surface area contributed by atoms with Crippen LogP contribution in [0.4, 0.5) is 0 Å². The van der Waals surface area contributed by atoms with Crippen LogP contribution < -0.4 is 0 Å². The van der Waals surface area contributed by atoms with Crippen molar-refractivity contribution in [2.45, 2.75) is 11.7 Å². The lowest BCUT2D eigenvalue weighted by Crippen LogP contribution is -1.83. The summed E-state index contributed by atoms with van der Waals surface area (Å²) in [6.07, 6.45) is 3.31. The molecule has 1 unspecified atom stereocenters. The van der Waals surface area contributed by atoms with Crippen LogP contribution >= 0.6 is 11.8 Å². The Morgan fingerprint density at radius 3 is 2.83 bits per heavy atom. The second-order valence-corrected chi connectivity index (χ2v) is 2.58. The highest BCUT2D eigenvalue weighted by Crippen LogP contribution is 2.21. The third kappa shape index (κ3) is 0.777. The molecule has 0 aliphatic carbocycles. The summed E-state index contributed by atoms with van der Waals surface area (Å²) in [5.41, 5.74) is 0. The predicted octanol–water partition coefficient (Wildman–Crippen LogP) is 1.84. The fraction of sp³-hybridized carbons (Fsp3) is 0.400. The van der Waals surface area contributed by atoms with Crippen LogP contribution in [0.25, 0.3) is 0 Å². The topological polar surface area (TPSA) is 0 Å². The molecular weight excluding hydrogens is 92.1 g/mol. The fourth-order valence-electron chi connectivity index (χ4n) is 0.430.